The van der Waals surface area contributed by atoms with Crippen molar-refractivity contribution in [3.63, 3.8) is 0 Å². The summed E-state index contributed by atoms with van der Waals surface area (Å²) < 4.78 is 11.3. The van der Waals surface area contributed by atoms with Gasteiger partial charge in [0.05, 0.1) is 12.1 Å². The normalized spacial score (nSPS) is 12.4. The third kappa shape index (κ3) is 18.5. The first-order chi connectivity index (χ1) is 26.6. The highest BCUT2D eigenvalue weighted by Crippen LogP contribution is 2.25. The Balaban J connectivity index is 1.80. The van der Waals surface area contributed by atoms with Crippen molar-refractivity contribution in [2.45, 2.75) is 138 Å². The Morgan fingerprint density at radius 2 is 1.32 bits per heavy atom. The number of nitrogens with one attached hydrogen (secondary N) is 4. The number of rotatable bonds is 24. The number of ketones is 1. The Morgan fingerprint density at radius 1 is 0.737 bits per heavy atom. The van der Waals surface area contributed by atoms with Gasteiger partial charge in [-0.2, -0.15) is 0 Å². The van der Waals surface area contributed by atoms with Crippen molar-refractivity contribution < 1.29 is 38.2 Å². The van der Waals surface area contributed by atoms with Gasteiger partial charge in [-0.05, 0) is 101 Å². The van der Waals surface area contributed by atoms with Crippen LogP contribution in [0.4, 0.5) is 5.69 Å². The zero-order valence-electron chi connectivity index (χ0n) is 36.1. The molecule has 12 heteroatoms. The molecule has 12 nitrogen and oxygen atoms in total. The highest BCUT2D eigenvalue weighted by Gasteiger charge is 2.28. The van der Waals surface area contributed by atoms with Crippen LogP contribution < -0.4 is 21.3 Å². The number of hydrogen-bond acceptors (Lipinski definition) is 8. The lowest BCUT2D eigenvalue weighted by Crippen LogP contribution is -2.51. The number of carbonyl (C=O) groups is 6. The number of hydrogen-bond donors (Lipinski definition) is 4. The summed E-state index contributed by atoms with van der Waals surface area (Å²) in [7, 11) is 0. The van der Waals surface area contributed by atoms with Gasteiger partial charge in [0.1, 0.15) is 12.6 Å². The van der Waals surface area contributed by atoms with Crippen LogP contribution in [-0.4, -0.2) is 65.7 Å². The van der Waals surface area contributed by atoms with Gasteiger partial charge in [-0.25, -0.2) is 0 Å². The van der Waals surface area contributed by atoms with Crippen molar-refractivity contribution in [1.29, 1.82) is 0 Å². The molecule has 2 rings (SSSR count). The van der Waals surface area contributed by atoms with Gasteiger partial charge in [-0.1, -0.05) is 72.7 Å². The second-order valence-electron chi connectivity index (χ2n) is 17.4. The Hall–Kier alpha value is -4.58. The maximum Gasteiger partial charge on any atom is 0.305 e. The van der Waals surface area contributed by atoms with E-state index in [1.807, 2.05) is 41.5 Å². The first-order valence-corrected chi connectivity index (χ1v) is 20.3. The van der Waals surface area contributed by atoms with Gasteiger partial charge < -0.3 is 30.7 Å². The molecule has 0 aliphatic heterocycles. The molecule has 0 spiro atoms. The van der Waals surface area contributed by atoms with Gasteiger partial charge in [0.15, 0.2) is 5.78 Å². The van der Waals surface area contributed by atoms with Crippen LogP contribution in [0.2, 0.25) is 0 Å². The first kappa shape index (κ1) is 48.6. The van der Waals surface area contributed by atoms with E-state index < -0.39 is 29.0 Å². The molecule has 1 unspecified atom stereocenters. The summed E-state index contributed by atoms with van der Waals surface area (Å²) in [6.45, 7) is 21.7. The lowest BCUT2D eigenvalue weighted by Gasteiger charge is -2.30. The van der Waals surface area contributed by atoms with Crippen molar-refractivity contribution >= 4 is 41.1 Å². The third-order valence-corrected chi connectivity index (χ3v) is 9.56. The molecule has 0 aromatic heterocycles. The maximum absolute atomic E-state index is 13.3. The number of carbonyl (C=O) groups excluding carboxylic acids is 6. The third-order valence-electron chi connectivity index (χ3n) is 9.56. The number of amides is 4. The molecular formula is C45H68N4O8. The van der Waals surface area contributed by atoms with E-state index in [4.69, 9.17) is 9.47 Å². The molecule has 57 heavy (non-hydrogen) atoms. The van der Waals surface area contributed by atoms with Gasteiger partial charge >= 0.3 is 5.97 Å². The van der Waals surface area contributed by atoms with Crippen molar-refractivity contribution in [2.75, 3.05) is 18.5 Å². The molecule has 0 aliphatic carbocycles. The summed E-state index contributed by atoms with van der Waals surface area (Å²) in [5.41, 5.74) is 1.15. The van der Waals surface area contributed by atoms with Crippen LogP contribution in [-0.2, 0) is 35.3 Å². The van der Waals surface area contributed by atoms with E-state index in [2.05, 4.69) is 49.0 Å². The molecule has 4 amide bonds. The van der Waals surface area contributed by atoms with E-state index in [0.717, 1.165) is 18.4 Å². The summed E-state index contributed by atoms with van der Waals surface area (Å²) in [5.74, 6) is -1.06. The number of Topliss-reactive ketones (excluding diaryl/α,β-unsaturated/α-hetero) is 1. The molecule has 0 radical (unpaired) electrons. The minimum atomic E-state index is -0.841. The van der Waals surface area contributed by atoms with Crippen LogP contribution in [0.25, 0.3) is 0 Å². The summed E-state index contributed by atoms with van der Waals surface area (Å²) in [5, 5.41) is 11.2. The highest BCUT2D eigenvalue weighted by atomic mass is 16.5. The average molecular weight is 793 g/mol. The molecule has 0 bridgehead atoms. The quantitative estimate of drug-likeness (QED) is 0.0630. The van der Waals surface area contributed by atoms with Gasteiger partial charge in [-0.3, -0.25) is 28.8 Å². The lowest BCUT2D eigenvalue weighted by molar-refractivity contribution is -0.144. The van der Waals surface area contributed by atoms with E-state index >= 15 is 0 Å². The van der Waals surface area contributed by atoms with Crippen molar-refractivity contribution in [1.82, 2.24) is 16.0 Å². The molecule has 1 atom stereocenters. The number of esters is 1. The maximum atomic E-state index is 13.3. The van der Waals surface area contributed by atoms with E-state index in [-0.39, 0.29) is 55.0 Å². The smallest absolute Gasteiger partial charge is 0.305 e. The van der Waals surface area contributed by atoms with Crippen LogP contribution in [0.3, 0.4) is 0 Å². The fourth-order valence-corrected chi connectivity index (χ4v) is 6.19. The number of benzene rings is 2. The van der Waals surface area contributed by atoms with E-state index in [1.165, 1.54) is 0 Å². The summed E-state index contributed by atoms with van der Waals surface area (Å²) in [6.07, 6.45) is 2.98. The topological polar surface area (TPSA) is 169 Å². The summed E-state index contributed by atoms with van der Waals surface area (Å²) in [6, 6.07) is 12.9. The van der Waals surface area contributed by atoms with Crippen LogP contribution in [0.15, 0.2) is 48.5 Å². The Kier molecular flexibility index (Phi) is 19.6. The van der Waals surface area contributed by atoms with Crippen molar-refractivity contribution in [3.8, 4) is 0 Å². The Bertz CT molecular complexity index is 1620. The molecule has 0 heterocycles. The first-order valence-electron chi connectivity index (χ1n) is 20.3. The fourth-order valence-electron chi connectivity index (χ4n) is 6.19. The van der Waals surface area contributed by atoms with E-state index in [1.54, 1.807) is 55.5 Å². The lowest BCUT2D eigenvalue weighted by atomic mass is 9.84. The molecule has 4 N–H and O–H groups in total. The number of anilines is 1. The van der Waals surface area contributed by atoms with Crippen LogP contribution in [0.5, 0.6) is 0 Å². The Morgan fingerprint density at radius 3 is 1.86 bits per heavy atom. The molecular weight excluding hydrogens is 725 g/mol. The van der Waals surface area contributed by atoms with Crippen molar-refractivity contribution in [2.24, 2.45) is 23.7 Å². The molecule has 2 aromatic rings. The zero-order valence-corrected chi connectivity index (χ0v) is 36.1. The van der Waals surface area contributed by atoms with Crippen LogP contribution in [0, 0.1) is 23.7 Å². The summed E-state index contributed by atoms with van der Waals surface area (Å²) in [4.78, 5) is 76.3. The minimum Gasteiger partial charge on any atom is -0.461 e. The second-order valence-corrected chi connectivity index (χ2v) is 17.4. The number of ether oxygens (including phenoxy) is 2. The van der Waals surface area contributed by atoms with E-state index in [0.29, 0.717) is 54.5 Å². The van der Waals surface area contributed by atoms with Gasteiger partial charge in [0, 0.05) is 47.7 Å². The molecule has 0 saturated carbocycles. The van der Waals surface area contributed by atoms with Crippen LogP contribution >= 0.6 is 0 Å². The molecule has 0 saturated heterocycles. The largest absolute Gasteiger partial charge is 0.461 e. The Labute approximate surface area is 340 Å². The monoisotopic (exact) mass is 793 g/mol. The van der Waals surface area contributed by atoms with Gasteiger partial charge in [0.25, 0.3) is 5.91 Å². The standard InChI is InChI=1S/C45H68N4O8/c1-12-39(52)56-28-32-13-19-36(20-14-32)47-38(51)27-46-43(55)40(31(6)7)48-37(50)21-22-45(10,11)57-24-23-44(8,9)49-42(54)34-17-15-33(16-18-34)41(53)35(25-29(2)3)26-30(4)5/h13-20,29-31,35,40H,12,21-28H2,1-11H3,(H,46,55)(H,47,51)(H,48,50)(H,49,54). The average Bonchev–Trinajstić information content (AvgIpc) is 3.13. The summed E-state index contributed by atoms with van der Waals surface area (Å²) >= 11 is 0. The minimum absolute atomic E-state index is 0.0398. The van der Waals surface area contributed by atoms with Crippen molar-refractivity contribution in [3.05, 3.63) is 65.2 Å². The second kappa shape index (κ2) is 23.0. The fraction of sp³-hybridized carbons (Fsp3) is 0.600. The van der Waals surface area contributed by atoms with Gasteiger partial charge in [0.2, 0.25) is 17.7 Å². The molecule has 2 aromatic carbocycles. The highest BCUT2D eigenvalue weighted by molar-refractivity contribution is 6.00. The predicted octanol–water partition coefficient (Wildman–Crippen LogP) is 7.40. The predicted molar refractivity (Wildman–Crippen MR) is 224 cm³/mol. The SMILES string of the molecule is CCC(=O)OCc1ccc(NC(=O)CNC(=O)C(NC(=O)CCC(C)(C)OCCC(C)(C)NC(=O)c2ccc(C(=O)C(CC(C)C)CC(C)C)cc2)C(C)C)cc1. The van der Waals surface area contributed by atoms with E-state index in [9.17, 15) is 28.8 Å². The molecule has 0 aliphatic rings. The zero-order chi connectivity index (χ0) is 42.9. The van der Waals surface area contributed by atoms with Gasteiger partial charge in [-0.15, -0.1) is 0 Å². The molecule has 0 fully saturated rings. The molecule has 316 valence electrons. The van der Waals surface area contributed by atoms with Crippen LogP contribution in [0.1, 0.15) is 141 Å².